The van der Waals surface area contributed by atoms with Gasteiger partial charge in [0.15, 0.2) is 5.13 Å². The van der Waals surface area contributed by atoms with Crippen molar-refractivity contribution in [2.24, 2.45) is 0 Å². The molecule has 0 aliphatic rings. The van der Waals surface area contributed by atoms with E-state index < -0.39 is 17.5 Å². The summed E-state index contributed by atoms with van der Waals surface area (Å²) in [5.74, 6) is -1.56. The number of halogens is 2. The molecular formula is C17H9F2N3OS. The lowest BCUT2D eigenvalue weighted by molar-refractivity contribution is 0.102. The molecule has 0 saturated heterocycles. The first-order chi connectivity index (χ1) is 11.6. The molecule has 3 aromatic rings. The third kappa shape index (κ3) is 3.29. The van der Waals surface area contributed by atoms with Crippen molar-refractivity contribution >= 4 is 22.4 Å². The van der Waals surface area contributed by atoms with Crippen LogP contribution in [-0.4, -0.2) is 10.9 Å². The highest BCUT2D eigenvalue weighted by molar-refractivity contribution is 7.14. The molecule has 1 N–H and O–H groups in total. The summed E-state index contributed by atoms with van der Waals surface area (Å²) < 4.78 is 27.0. The van der Waals surface area contributed by atoms with Crippen molar-refractivity contribution in [3.63, 3.8) is 0 Å². The molecule has 24 heavy (non-hydrogen) atoms. The Morgan fingerprint density at radius 3 is 2.62 bits per heavy atom. The molecule has 0 radical (unpaired) electrons. The van der Waals surface area contributed by atoms with Crippen LogP contribution in [0.5, 0.6) is 0 Å². The Hall–Kier alpha value is -3.11. The van der Waals surface area contributed by atoms with Crippen molar-refractivity contribution in [2.75, 3.05) is 5.32 Å². The Kier molecular flexibility index (Phi) is 4.31. The maximum absolute atomic E-state index is 13.7. The van der Waals surface area contributed by atoms with E-state index in [1.807, 2.05) is 6.07 Å². The molecule has 0 bridgehead atoms. The smallest absolute Gasteiger partial charge is 0.257 e. The summed E-state index contributed by atoms with van der Waals surface area (Å²) in [6.45, 7) is 0. The summed E-state index contributed by atoms with van der Waals surface area (Å²) in [6, 6.07) is 11.2. The Bertz CT molecular complexity index is 945. The fourth-order valence-corrected chi connectivity index (χ4v) is 2.72. The van der Waals surface area contributed by atoms with Gasteiger partial charge in [0.25, 0.3) is 5.91 Å². The van der Waals surface area contributed by atoms with Gasteiger partial charge < -0.3 is 0 Å². The molecule has 1 amide bonds. The molecule has 7 heteroatoms. The number of nitrogens with one attached hydrogen (secondary N) is 1. The fourth-order valence-electron chi connectivity index (χ4n) is 2.01. The largest absolute Gasteiger partial charge is 0.298 e. The maximum Gasteiger partial charge on any atom is 0.257 e. The lowest BCUT2D eigenvalue weighted by Crippen LogP contribution is -2.11. The quantitative estimate of drug-likeness (QED) is 0.776. The highest BCUT2D eigenvalue weighted by Gasteiger charge is 2.13. The standard InChI is InChI=1S/C17H9F2N3OS/c18-12-5-6-14(19)13(7-12)15-9-24-17(21-15)22-16(23)11-3-1-10(8-20)2-4-11/h1-7,9H,(H,21,22,23). The average Bonchev–Trinajstić information content (AvgIpc) is 3.05. The van der Waals surface area contributed by atoms with E-state index >= 15 is 0 Å². The maximum atomic E-state index is 13.7. The number of nitrogens with zero attached hydrogens (tertiary/aromatic N) is 2. The van der Waals surface area contributed by atoms with E-state index in [2.05, 4.69) is 10.3 Å². The van der Waals surface area contributed by atoms with Crippen LogP contribution in [-0.2, 0) is 0 Å². The van der Waals surface area contributed by atoms with Gasteiger partial charge in [-0.2, -0.15) is 5.26 Å². The highest BCUT2D eigenvalue weighted by atomic mass is 32.1. The molecule has 0 aliphatic heterocycles. The summed E-state index contributed by atoms with van der Waals surface area (Å²) in [5, 5.41) is 13.1. The molecule has 0 unspecified atom stereocenters. The van der Waals surface area contributed by atoms with E-state index in [4.69, 9.17) is 5.26 Å². The van der Waals surface area contributed by atoms with E-state index in [-0.39, 0.29) is 16.4 Å². The molecular weight excluding hydrogens is 332 g/mol. The van der Waals surface area contributed by atoms with Gasteiger partial charge in [-0.3, -0.25) is 10.1 Å². The number of amides is 1. The van der Waals surface area contributed by atoms with Crippen LogP contribution >= 0.6 is 11.3 Å². The first kappa shape index (κ1) is 15.8. The van der Waals surface area contributed by atoms with E-state index in [0.717, 1.165) is 29.5 Å². The van der Waals surface area contributed by atoms with E-state index in [9.17, 15) is 13.6 Å². The number of benzene rings is 2. The van der Waals surface area contributed by atoms with Gasteiger partial charge in [0.05, 0.1) is 17.3 Å². The second-order valence-electron chi connectivity index (χ2n) is 4.81. The fraction of sp³-hybridized carbons (Fsp3) is 0. The molecule has 0 saturated carbocycles. The summed E-state index contributed by atoms with van der Waals surface area (Å²) >= 11 is 1.11. The molecule has 0 atom stereocenters. The van der Waals surface area contributed by atoms with Crippen molar-refractivity contribution in [1.29, 1.82) is 5.26 Å². The number of nitriles is 1. The lowest BCUT2D eigenvalue weighted by atomic mass is 10.1. The normalized spacial score (nSPS) is 10.2. The van der Waals surface area contributed by atoms with Gasteiger partial charge in [0.1, 0.15) is 11.6 Å². The minimum Gasteiger partial charge on any atom is -0.298 e. The first-order valence-corrected chi connectivity index (χ1v) is 7.67. The van der Waals surface area contributed by atoms with Crippen molar-refractivity contribution in [1.82, 2.24) is 4.98 Å². The summed E-state index contributed by atoms with van der Waals surface area (Å²) in [6.07, 6.45) is 0. The Morgan fingerprint density at radius 2 is 1.92 bits per heavy atom. The zero-order valence-corrected chi connectivity index (χ0v) is 12.9. The molecule has 1 heterocycles. The second-order valence-corrected chi connectivity index (χ2v) is 5.66. The molecule has 2 aromatic carbocycles. The zero-order chi connectivity index (χ0) is 17.1. The summed E-state index contributed by atoms with van der Waals surface area (Å²) in [7, 11) is 0. The molecule has 118 valence electrons. The van der Waals surface area contributed by atoms with Crippen LogP contribution in [0.25, 0.3) is 11.3 Å². The van der Waals surface area contributed by atoms with Gasteiger partial charge in [-0.15, -0.1) is 11.3 Å². The van der Waals surface area contributed by atoms with Gasteiger partial charge >= 0.3 is 0 Å². The topological polar surface area (TPSA) is 65.8 Å². The number of aromatic nitrogens is 1. The summed E-state index contributed by atoms with van der Waals surface area (Å²) in [4.78, 5) is 16.2. The van der Waals surface area contributed by atoms with Crippen LogP contribution < -0.4 is 5.32 Å². The van der Waals surface area contributed by atoms with Gasteiger partial charge in [-0.25, -0.2) is 13.8 Å². The number of thiazole rings is 1. The minimum absolute atomic E-state index is 0.0325. The second kappa shape index (κ2) is 6.56. The lowest BCUT2D eigenvalue weighted by Gasteiger charge is -2.02. The van der Waals surface area contributed by atoms with E-state index in [1.165, 1.54) is 29.6 Å². The number of hydrogen-bond donors (Lipinski definition) is 1. The van der Waals surface area contributed by atoms with Gasteiger partial charge in [-0.05, 0) is 42.5 Å². The average molecular weight is 341 g/mol. The van der Waals surface area contributed by atoms with Gasteiger partial charge in [0, 0.05) is 16.5 Å². The third-order valence-corrected chi connectivity index (χ3v) is 3.96. The Balaban J connectivity index is 1.79. The van der Waals surface area contributed by atoms with Crippen LogP contribution in [0.1, 0.15) is 15.9 Å². The summed E-state index contributed by atoms with van der Waals surface area (Å²) in [5.41, 5.74) is 1.09. The van der Waals surface area contributed by atoms with Crippen LogP contribution in [0, 0.1) is 23.0 Å². The predicted octanol–water partition coefficient (Wildman–Crippen LogP) is 4.21. The van der Waals surface area contributed by atoms with Crippen LogP contribution in [0.4, 0.5) is 13.9 Å². The predicted molar refractivity (Wildman–Crippen MR) is 86.6 cm³/mol. The minimum atomic E-state index is -0.591. The number of rotatable bonds is 3. The number of carbonyl (C=O) groups excluding carboxylic acids is 1. The van der Waals surface area contributed by atoms with Crippen molar-refractivity contribution in [3.8, 4) is 17.3 Å². The monoisotopic (exact) mass is 341 g/mol. The van der Waals surface area contributed by atoms with Crippen molar-refractivity contribution in [2.45, 2.75) is 0 Å². The van der Waals surface area contributed by atoms with Gasteiger partial charge in [-0.1, -0.05) is 0 Å². The molecule has 4 nitrogen and oxygen atoms in total. The SMILES string of the molecule is N#Cc1ccc(C(=O)Nc2nc(-c3cc(F)ccc3F)cs2)cc1. The van der Waals surface area contributed by atoms with E-state index in [1.54, 1.807) is 0 Å². The Labute approximate surface area is 140 Å². The molecule has 3 rings (SSSR count). The van der Waals surface area contributed by atoms with Crippen LogP contribution in [0.15, 0.2) is 47.8 Å². The van der Waals surface area contributed by atoms with Crippen molar-refractivity contribution < 1.29 is 13.6 Å². The van der Waals surface area contributed by atoms with Crippen LogP contribution in [0.2, 0.25) is 0 Å². The molecule has 0 spiro atoms. The van der Waals surface area contributed by atoms with Crippen LogP contribution in [0.3, 0.4) is 0 Å². The Morgan fingerprint density at radius 1 is 1.17 bits per heavy atom. The van der Waals surface area contributed by atoms with Gasteiger partial charge in [0.2, 0.25) is 0 Å². The third-order valence-electron chi connectivity index (χ3n) is 3.21. The number of anilines is 1. The first-order valence-electron chi connectivity index (χ1n) is 6.79. The number of hydrogen-bond acceptors (Lipinski definition) is 4. The van der Waals surface area contributed by atoms with E-state index in [0.29, 0.717) is 11.1 Å². The zero-order valence-electron chi connectivity index (χ0n) is 12.1. The molecule has 1 aromatic heterocycles. The molecule has 0 aliphatic carbocycles. The highest BCUT2D eigenvalue weighted by Crippen LogP contribution is 2.27. The molecule has 0 fully saturated rings. The number of carbonyl (C=O) groups is 1. The van der Waals surface area contributed by atoms with Crippen molar-refractivity contribution in [3.05, 3.63) is 70.6 Å².